The van der Waals surface area contributed by atoms with E-state index < -0.39 is 0 Å². The van der Waals surface area contributed by atoms with Crippen molar-refractivity contribution in [3.63, 3.8) is 0 Å². The fourth-order valence-corrected chi connectivity index (χ4v) is 4.57. The fourth-order valence-electron chi connectivity index (χ4n) is 4.26. The van der Waals surface area contributed by atoms with Gasteiger partial charge in [0.25, 0.3) is 0 Å². The number of hydrogen-bond donors (Lipinski definition) is 3. The quantitative estimate of drug-likeness (QED) is 0.717. The number of thiocarbonyl (C=S) groups is 1. The normalized spacial score (nSPS) is 30.2. The fraction of sp³-hybridized carbons (Fsp3) is 0.556. The minimum atomic E-state index is -0.139. The lowest BCUT2D eigenvalue weighted by Gasteiger charge is -2.39. The molecule has 3 heterocycles. The number of carbonyl (C=O) groups excluding carboxylic acids is 1. The summed E-state index contributed by atoms with van der Waals surface area (Å²) < 4.78 is 0. The van der Waals surface area contributed by atoms with Gasteiger partial charge in [0.15, 0.2) is 5.11 Å². The van der Waals surface area contributed by atoms with E-state index in [-0.39, 0.29) is 18.0 Å². The number of nitrogens with one attached hydrogen (secondary N) is 3. The van der Waals surface area contributed by atoms with Gasteiger partial charge >= 0.3 is 0 Å². The van der Waals surface area contributed by atoms with Crippen LogP contribution < -0.4 is 16.0 Å². The van der Waals surface area contributed by atoms with Gasteiger partial charge in [0, 0.05) is 13.1 Å². The van der Waals surface area contributed by atoms with Crippen LogP contribution >= 0.6 is 12.2 Å². The molecule has 0 spiro atoms. The zero-order chi connectivity index (χ0) is 16.5. The second-order valence-corrected chi connectivity index (χ2v) is 7.34. The molecule has 1 aromatic carbocycles. The number of piperidine rings is 1. The molecule has 0 bridgehead atoms. The largest absolute Gasteiger partial charge is 0.339 e. The molecule has 128 valence electrons. The SMILES string of the molecule is O=C1NC(=S)N(Cc2ccccc2C2CCCNC2)C2CCNC12. The number of hydrogen-bond acceptors (Lipinski definition) is 4. The van der Waals surface area contributed by atoms with Crippen molar-refractivity contribution in [3.05, 3.63) is 35.4 Å². The highest BCUT2D eigenvalue weighted by Crippen LogP contribution is 2.29. The lowest BCUT2D eigenvalue weighted by atomic mass is 9.88. The molecular formula is C18H24N4OS. The smallest absolute Gasteiger partial charge is 0.245 e. The molecule has 3 atom stereocenters. The van der Waals surface area contributed by atoms with Crippen LogP contribution in [0.25, 0.3) is 0 Å². The summed E-state index contributed by atoms with van der Waals surface area (Å²) in [5, 5.41) is 10.2. The minimum Gasteiger partial charge on any atom is -0.339 e. The molecule has 3 N–H and O–H groups in total. The molecule has 0 radical (unpaired) electrons. The predicted molar refractivity (Wildman–Crippen MR) is 97.8 cm³/mol. The van der Waals surface area contributed by atoms with Crippen molar-refractivity contribution in [1.82, 2.24) is 20.9 Å². The number of fused-ring (bicyclic) bond motifs is 1. The molecule has 5 nitrogen and oxygen atoms in total. The van der Waals surface area contributed by atoms with Gasteiger partial charge in [0.05, 0.1) is 6.04 Å². The summed E-state index contributed by atoms with van der Waals surface area (Å²) in [4.78, 5) is 14.3. The van der Waals surface area contributed by atoms with E-state index in [4.69, 9.17) is 12.2 Å². The monoisotopic (exact) mass is 344 g/mol. The Labute approximate surface area is 148 Å². The van der Waals surface area contributed by atoms with Crippen LogP contribution in [0.1, 0.15) is 36.3 Å². The van der Waals surface area contributed by atoms with Gasteiger partial charge in [-0.25, -0.2) is 0 Å². The van der Waals surface area contributed by atoms with Gasteiger partial charge in [-0.1, -0.05) is 24.3 Å². The van der Waals surface area contributed by atoms with Crippen molar-refractivity contribution in [1.29, 1.82) is 0 Å². The molecule has 24 heavy (non-hydrogen) atoms. The first kappa shape index (κ1) is 16.0. The van der Waals surface area contributed by atoms with Gasteiger partial charge in [0.1, 0.15) is 6.04 Å². The van der Waals surface area contributed by atoms with Gasteiger partial charge in [-0.2, -0.15) is 0 Å². The van der Waals surface area contributed by atoms with Gasteiger partial charge in [-0.3, -0.25) is 4.79 Å². The van der Waals surface area contributed by atoms with Crippen molar-refractivity contribution in [3.8, 4) is 0 Å². The zero-order valence-electron chi connectivity index (χ0n) is 13.8. The third kappa shape index (κ3) is 2.94. The Morgan fingerprint density at radius 3 is 2.92 bits per heavy atom. The van der Waals surface area contributed by atoms with Crippen LogP contribution in [0.15, 0.2) is 24.3 Å². The topological polar surface area (TPSA) is 56.4 Å². The second kappa shape index (κ2) is 6.78. The Bertz CT molecular complexity index is 644. The van der Waals surface area contributed by atoms with E-state index >= 15 is 0 Å². The third-order valence-corrected chi connectivity index (χ3v) is 5.83. The Morgan fingerprint density at radius 2 is 2.08 bits per heavy atom. The van der Waals surface area contributed by atoms with Crippen molar-refractivity contribution in [2.75, 3.05) is 19.6 Å². The molecule has 1 aromatic rings. The van der Waals surface area contributed by atoms with Gasteiger partial charge in [-0.05, 0) is 61.6 Å². The van der Waals surface area contributed by atoms with E-state index in [1.54, 1.807) is 0 Å². The minimum absolute atomic E-state index is 0.0171. The molecule has 3 saturated heterocycles. The number of nitrogens with zero attached hydrogens (tertiary/aromatic N) is 1. The molecule has 6 heteroatoms. The van der Waals surface area contributed by atoms with E-state index in [1.165, 1.54) is 24.0 Å². The Balaban J connectivity index is 1.58. The average molecular weight is 344 g/mol. The van der Waals surface area contributed by atoms with Crippen LogP contribution in [0, 0.1) is 0 Å². The van der Waals surface area contributed by atoms with Gasteiger partial charge in [-0.15, -0.1) is 0 Å². The van der Waals surface area contributed by atoms with E-state index in [2.05, 4.69) is 45.1 Å². The maximum Gasteiger partial charge on any atom is 0.245 e. The van der Waals surface area contributed by atoms with Gasteiger partial charge < -0.3 is 20.9 Å². The summed E-state index contributed by atoms with van der Waals surface area (Å²) >= 11 is 5.48. The highest BCUT2D eigenvalue weighted by molar-refractivity contribution is 7.80. The highest BCUT2D eigenvalue weighted by Gasteiger charge is 2.42. The highest BCUT2D eigenvalue weighted by atomic mass is 32.1. The maximum absolute atomic E-state index is 12.1. The van der Waals surface area contributed by atoms with Crippen LogP contribution in [0.5, 0.6) is 0 Å². The van der Waals surface area contributed by atoms with Crippen LogP contribution in [0.3, 0.4) is 0 Å². The number of rotatable bonds is 3. The molecule has 3 aliphatic rings. The van der Waals surface area contributed by atoms with Crippen LogP contribution in [0.4, 0.5) is 0 Å². The molecule has 3 aliphatic heterocycles. The molecule has 3 unspecified atom stereocenters. The lowest BCUT2D eigenvalue weighted by Crippen LogP contribution is -2.63. The predicted octanol–water partition coefficient (Wildman–Crippen LogP) is 1.10. The van der Waals surface area contributed by atoms with Crippen molar-refractivity contribution < 1.29 is 4.79 Å². The number of amides is 1. The molecule has 4 rings (SSSR count). The molecule has 1 amide bonds. The summed E-state index contributed by atoms with van der Waals surface area (Å²) in [5.74, 6) is 0.587. The van der Waals surface area contributed by atoms with Gasteiger partial charge in [0.2, 0.25) is 5.91 Å². The Hall–Kier alpha value is -1.50. The number of carbonyl (C=O) groups is 1. The average Bonchev–Trinajstić information content (AvgIpc) is 3.10. The zero-order valence-corrected chi connectivity index (χ0v) is 14.6. The van der Waals surface area contributed by atoms with Crippen LogP contribution in [-0.4, -0.2) is 47.6 Å². The molecular weight excluding hydrogens is 320 g/mol. The Morgan fingerprint density at radius 1 is 1.21 bits per heavy atom. The van der Waals surface area contributed by atoms with Crippen molar-refractivity contribution >= 4 is 23.2 Å². The standard InChI is InChI=1S/C18H24N4OS/c23-17-16-15(7-9-20-16)22(18(24)21-17)11-13-4-1-2-6-14(13)12-5-3-8-19-10-12/h1-2,4,6,12,15-16,19-20H,3,5,7-11H2,(H,21,23,24). The molecule has 0 saturated carbocycles. The van der Waals surface area contributed by atoms with Crippen molar-refractivity contribution in [2.24, 2.45) is 0 Å². The van der Waals surface area contributed by atoms with E-state index in [1.807, 2.05) is 0 Å². The number of benzene rings is 1. The maximum atomic E-state index is 12.1. The summed E-state index contributed by atoms with van der Waals surface area (Å²) in [6, 6.07) is 8.72. The van der Waals surface area contributed by atoms with E-state index in [9.17, 15) is 4.79 Å². The Kier molecular flexibility index (Phi) is 4.52. The second-order valence-electron chi connectivity index (χ2n) is 6.95. The molecule has 0 aromatic heterocycles. The van der Waals surface area contributed by atoms with Crippen LogP contribution in [-0.2, 0) is 11.3 Å². The van der Waals surface area contributed by atoms with Crippen molar-refractivity contribution in [2.45, 2.75) is 43.8 Å². The van der Waals surface area contributed by atoms with Crippen LogP contribution in [0.2, 0.25) is 0 Å². The first-order valence-electron chi connectivity index (χ1n) is 8.87. The molecule has 3 fully saturated rings. The third-order valence-electron chi connectivity index (χ3n) is 5.50. The summed E-state index contributed by atoms with van der Waals surface area (Å²) in [6.45, 7) is 3.81. The summed E-state index contributed by atoms with van der Waals surface area (Å²) in [6.07, 6.45) is 3.43. The lowest BCUT2D eigenvalue weighted by molar-refractivity contribution is -0.123. The first-order chi connectivity index (χ1) is 11.7. The summed E-state index contributed by atoms with van der Waals surface area (Å²) in [5.41, 5.74) is 2.75. The first-order valence-corrected chi connectivity index (χ1v) is 9.28. The molecule has 0 aliphatic carbocycles. The van der Waals surface area contributed by atoms with E-state index in [0.29, 0.717) is 11.0 Å². The summed E-state index contributed by atoms with van der Waals surface area (Å²) in [7, 11) is 0. The van der Waals surface area contributed by atoms with E-state index in [0.717, 1.165) is 32.6 Å².